The predicted octanol–water partition coefficient (Wildman–Crippen LogP) is 5.30. The summed E-state index contributed by atoms with van der Waals surface area (Å²) in [6.45, 7) is 1.04. The van der Waals surface area contributed by atoms with E-state index in [1.165, 1.54) is 32.1 Å². The predicted molar refractivity (Wildman–Crippen MR) is 110 cm³/mol. The fourth-order valence-corrected chi connectivity index (χ4v) is 4.36. The van der Waals surface area contributed by atoms with Gasteiger partial charge in [-0.25, -0.2) is 9.78 Å². The second kappa shape index (κ2) is 9.09. The molecule has 1 atom stereocenters. The Morgan fingerprint density at radius 3 is 2.68 bits per heavy atom. The molecule has 0 radical (unpaired) electrons. The number of carbonyl (C=O) groups excluding carboxylic acids is 1. The van der Waals surface area contributed by atoms with E-state index < -0.39 is 0 Å². The lowest BCUT2D eigenvalue weighted by atomic mass is 9.95. The molecule has 1 aliphatic carbocycles. The van der Waals surface area contributed by atoms with Gasteiger partial charge in [0.1, 0.15) is 12.4 Å². The quantitative estimate of drug-likeness (QED) is 0.766. The normalized spacial score (nSPS) is 20.1. The first-order valence-corrected chi connectivity index (χ1v) is 10.5. The Hall–Kier alpha value is -2.56. The highest BCUT2D eigenvalue weighted by molar-refractivity contribution is 5.69. The molecule has 2 aliphatic rings. The summed E-state index contributed by atoms with van der Waals surface area (Å²) in [6, 6.07) is 14.4. The number of benzene rings is 1. The van der Waals surface area contributed by atoms with Crippen LogP contribution < -0.4 is 5.32 Å². The summed E-state index contributed by atoms with van der Waals surface area (Å²) in [7, 11) is 0. The number of anilines is 1. The number of aromatic nitrogens is 1. The van der Waals surface area contributed by atoms with E-state index in [0.29, 0.717) is 12.6 Å². The van der Waals surface area contributed by atoms with Crippen LogP contribution in [0, 0.1) is 0 Å². The van der Waals surface area contributed by atoms with Crippen molar-refractivity contribution in [2.75, 3.05) is 11.9 Å². The molecule has 148 valence electrons. The summed E-state index contributed by atoms with van der Waals surface area (Å²) < 4.78 is 5.60. The van der Waals surface area contributed by atoms with Gasteiger partial charge in [0, 0.05) is 24.3 Å². The van der Waals surface area contributed by atoms with Crippen molar-refractivity contribution in [1.82, 2.24) is 9.88 Å². The van der Waals surface area contributed by atoms with Gasteiger partial charge in [-0.1, -0.05) is 55.7 Å². The van der Waals surface area contributed by atoms with Crippen molar-refractivity contribution in [3.05, 3.63) is 59.8 Å². The van der Waals surface area contributed by atoms with Crippen molar-refractivity contribution in [1.29, 1.82) is 0 Å². The fourth-order valence-electron chi connectivity index (χ4n) is 4.36. The zero-order valence-electron chi connectivity index (χ0n) is 16.3. The number of pyridine rings is 1. The third-order valence-electron chi connectivity index (χ3n) is 5.84. The minimum absolute atomic E-state index is 0.0306. The average Bonchev–Trinajstić information content (AvgIpc) is 3.24. The Morgan fingerprint density at radius 1 is 1.04 bits per heavy atom. The molecule has 5 nitrogen and oxygen atoms in total. The lowest BCUT2D eigenvalue weighted by Crippen LogP contribution is -2.32. The number of nitrogens with one attached hydrogen (secondary N) is 1. The topological polar surface area (TPSA) is 54.5 Å². The molecule has 0 bridgehead atoms. The van der Waals surface area contributed by atoms with E-state index in [2.05, 4.69) is 16.4 Å². The first kappa shape index (κ1) is 18.8. The lowest BCUT2D eigenvalue weighted by Gasteiger charge is -2.28. The summed E-state index contributed by atoms with van der Waals surface area (Å²) in [5.41, 5.74) is 2.12. The van der Waals surface area contributed by atoms with Gasteiger partial charge in [-0.15, -0.1) is 0 Å². The Labute approximate surface area is 167 Å². The second-order valence-electron chi connectivity index (χ2n) is 7.81. The average molecular weight is 380 g/mol. The van der Waals surface area contributed by atoms with Crippen molar-refractivity contribution in [2.45, 2.75) is 63.6 Å². The first-order valence-electron chi connectivity index (χ1n) is 10.5. The number of amides is 1. The van der Waals surface area contributed by atoms with Gasteiger partial charge in [0.15, 0.2) is 0 Å². The van der Waals surface area contributed by atoms with E-state index >= 15 is 0 Å². The van der Waals surface area contributed by atoms with Crippen LogP contribution in [-0.4, -0.2) is 28.6 Å². The molecule has 1 saturated heterocycles. The number of carbonyl (C=O) groups is 1. The van der Waals surface area contributed by atoms with Crippen molar-refractivity contribution in [3.8, 4) is 0 Å². The van der Waals surface area contributed by atoms with Crippen molar-refractivity contribution in [3.63, 3.8) is 0 Å². The highest BCUT2D eigenvalue weighted by Gasteiger charge is 2.33. The maximum atomic E-state index is 12.8. The highest BCUT2D eigenvalue weighted by atomic mass is 16.6. The molecule has 0 unspecified atom stereocenters. The van der Waals surface area contributed by atoms with Crippen LogP contribution in [0.1, 0.15) is 62.1 Å². The minimum atomic E-state index is -0.237. The van der Waals surface area contributed by atoms with Gasteiger partial charge in [-0.3, -0.25) is 0 Å². The van der Waals surface area contributed by atoms with E-state index in [1.54, 1.807) is 0 Å². The van der Waals surface area contributed by atoms with E-state index in [4.69, 9.17) is 4.74 Å². The summed E-state index contributed by atoms with van der Waals surface area (Å²) in [4.78, 5) is 19.2. The zero-order chi connectivity index (χ0) is 19.2. The van der Waals surface area contributed by atoms with E-state index in [1.807, 2.05) is 47.5 Å². The van der Waals surface area contributed by atoms with E-state index in [0.717, 1.165) is 36.3 Å². The monoisotopic (exact) mass is 379 g/mol. The van der Waals surface area contributed by atoms with Crippen LogP contribution in [0.15, 0.2) is 48.7 Å². The van der Waals surface area contributed by atoms with Gasteiger partial charge < -0.3 is 15.0 Å². The molecule has 1 aromatic heterocycles. The molecular weight excluding hydrogens is 350 g/mol. The molecule has 2 heterocycles. The number of hydrogen-bond donors (Lipinski definition) is 1. The van der Waals surface area contributed by atoms with E-state index in [-0.39, 0.29) is 12.1 Å². The Balaban J connectivity index is 1.44. The maximum Gasteiger partial charge on any atom is 0.410 e. The first-order chi connectivity index (χ1) is 13.8. The molecule has 1 aliphatic heterocycles. The molecule has 5 heteroatoms. The van der Waals surface area contributed by atoms with Crippen LogP contribution in [0.25, 0.3) is 0 Å². The molecule has 2 fully saturated rings. The van der Waals surface area contributed by atoms with Crippen LogP contribution >= 0.6 is 0 Å². The Kier molecular flexibility index (Phi) is 6.10. The maximum absolute atomic E-state index is 12.8. The number of hydrogen-bond acceptors (Lipinski definition) is 4. The molecule has 0 spiro atoms. The smallest absolute Gasteiger partial charge is 0.410 e. The molecule has 1 saturated carbocycles. The zero-order valence-corrected chi connectivity index (χ0v) is 16.3. The van der Waals surface area contributed by atoms with Gasteiger partial charge in [0.2, 0.25) is 0 Å². The van der Waals surface area contributed by atoms with Gasteiger partial charge in [-0.2, -0.15) is 0 Å². The molecule has 1 amide bonds. The Morgan fingerprint density at radius 2 is 1.86 bits per heavy atom. The van der Waals surface area contributed by atoms with Crippen molar-refractivity contribution >= 4 is 11.9 Å². The van der Waals surface area contributed by atoms with Crippen molar-refractivity contribution < 1.29 is 9.53 Å². The van der Waals surface area contributed by atoms with Crippen LogP contribution in [0.3, 0.4) is 0 Å². The molecule has 2 aromatic rings. The summed E-state index contributed by atoms with van der Waals surface area (Å²) in [5, 5.41) is 3.65. The molecular formula is C23H29N3O2. The molecule has 4 rings (SSSR count). The number of nitrogens with zero attached hydrogens (tertiary/aromatic N) is 2. The third kappa shape index (κ3) is 4.46. The molecule has 1 N–H and O–H groups in total. The Bertz CT molecular complexity index is 774. The third-order valence-corrected chi connectivity index (χ3v) is 5.84. The highest BCUT2D eigenvalue weighted by Crippen LogP contribution is 2.36. The molecule has 28 heavy (non-hydrogen) atoms. The second-order valence-corrected chi connectivity index (χ2v) is 7.81. The SMILES string of the molecule is O=C(OCc1ccccc1)N1CCC[C@H]1c1cccnc1NC1CCCCC1. The summed E-state index contributed by atoms with van der Waals surface area (Å²) in [6.07, 6.45) is 9.82. The fraction of sp³-hybridized carbons (Fsp3) is 0.478. The summed E-state index contributed by atoms with van der Waals surface area (Å²) in [5.74, 6) is 0.933. The summed E-state index contributed by atoms with van der Waals surface area (Å²) >= 11 is 0. The van der Waals surface area contributed by atoms with Gasteiger partial charge in [-0.05, 0) is 37.3 Å². The van der Waals surface area contributed by atoms with Gasteiger partial charge in [0.25, 0.3) is 0 Å². The lowest BCUT2D eigenvalue weighted by molar-refractivity contribution is 0.0921. The van der Waals surface area contributed by atoms with Crippen LogP contribution in [0.5, 0.6) is 0 Å². The van der Waals surface area contributed by atoms with E-state index in [9.17, 15) is 4.79 Å². The van der Waals surface area contributed by atoms with Gasteiger partial charge in [0.05, 0.1) is 6.04 Å². The van der Waals surface area contributed by atoms with Gasteiger partial charge >= 0.3 is 6.09 Å². The molecule has 1 aromatic carbocycles. The van der Waals surface area contributed by atoms with Crippen molar-refractivity contribution in [2.24, 2.45) is 0 Å². The number of likely N-dealkylation sites (tertiary alicyclic amines) is 1. The van der Waals surface area contributed by atoms with Crippen LogP contribution in [-0.2, 0) is 11.3 Å². The largest absolute Gasteiger partial charge is 0.445 e. The van der Waals surface area contributed by atoms with Crippen LogP contribution in [0.4, 0.5) is 10.6 Å². The number of ether oxygens (including phenoxy) is 1. The number of rotatable bonds is 5. The standard InChI is InChI=1S/C23H29N3O2/c27-23(28-17-18-9-3-1-4-10-18)26-16-8-14-21(26)20-13-7-15-24-22(20)25-19-11-5-2-6-12-19/h1,3-4,7,9-10,13,15,19,21H,2,5-6,8,11-12,14,16-17H2,(H,24,25)/t21-/m0/s1. The minimum Gasteiger partial charge on any atom is -0.445 e. The van der Waals surface area contributed by atoms with Crippen LogP contribution in [0.2, 0.25) is 0 Å².